The first kappa shape index (κ1) is 39.2. The van der Waals surface area contributed by atoms with Crippen molar-refractivity contribution < 1.29 is 19.1 Å². The lowest BCUT2D eigenvalue weighted by Crippen LogP contribution is -2.74. The van der Waals surface area contributed by atoms with Crippen molar-refractivity contribution in [3.8, 4) is 11.8 Å². The molecule has 1 saturated carbocycles. The molecule has 2 aromatic heterocycles. The monoisotopic (exact) mass is 806 g/mol. The number of ether oxygens (including phenoxy) is 1. The predicted molar refractivity (Wildman–Crippen MR) is 218 cm³/mol. The van der Waals surface area contributed by atoms with Crippen molar-refractivity contribution in [2.75, 3.05) is 55.6 Å². The number of benzene rings is 2. The minimum absolute atomic E-state index is 0.176. The highest BCUT2D eigenvalue weighted by atomic mass is 35.5. The number of nitriles is 1. The SMILES string of the molecule is CC1(C)C(NC(=O)c2cnc(N3CC[C@H](CN4CCN(c5ccc6c(=O)n(C7CCC(=O)NC7=O)ncc6c5)CC4)C3)nc2)C(C)(C)C1Oc1ccc(C#N)c(Cl)c1. The molecule has 8 rings (SSSR count). The Balaban J connectivity index is 0.812. The van der Waals surface area contributed by atoms with Gasteiger partial charge in [-0.3, -0.25) is 29.4 Å². The molecule has 2 atom stereocenters. The molecule has 3 amide bonds. The topological polar surface area (TPSA) is 179 Å². The number of hydrogen-bond acceptors (Lipinski definition) is 12. The summed E-state index contributed by atoms with van der Waals surface area (Å²) in [6.07, 6.45) is 6.08. The molecule has 0 bridgehead atoms. The molecule has 1 aliphatic carbocycles. The summed E-state index contributed by atoms with van der Waals surface area (Å²) in [6.45, 7) is 14.5. The van der Waals surface area contributed by atoms with E-state index in [-0.39, 0.29) is 53.2 Å². The van der Waals surface area contributed by atoms with Crippen LogP contribution in [-0.2, 0) is 9.59 Å². The van der Waals surface area contributed by atoms with E-state index >= 15 is 0 Å². The zero-order chi connectivity index (χ0) is 40.9. The number of piperazine rings is 1. The summed E-state index contributed by atoms with van der Waals surface area (Å²) in [6, 6.07) is 11.9. The van der Waals surface area contributed by atoms with Gasteiger partial charge in [0.25, 0.3) is 17.4 Å². The summed E-state index contributed by atoms with van der Waals surface area (Å²) in [7, 11) is 0. The maximum atomic E-state index is 13.4. The van der Waals surface area contributed by atoms with E-state index in [1.807, 2.05) is 12.1 Å². The molecular weight excluding hydrogens is 760 g/mol. The summed E-state index contributed by atoms with van der Waals surface area (Å²) in [5.41, 5.74) is 0.702. The normalized spacial score (nSPS) is 24.2. The van der Waals surface area contributed by atoms with Crippen LogP contribution in [0, 0.1) is 28.1 Å². The molecule has 5 heterocycles. The van der Waals surface area contributed by atoms with Crippen molar-refractivity contribution in [1.82, 2.24) is 35.3 Å². The first-order chi connectivity index (χ1) is 27.7. The Morgan fingerprint density at radius 3 is 2.40 bits per heavy atom. The molecule has 58 heavy (non-hydrogen) atoms. The number of amides is 3. The van der Waals surface area contributed by atoms with Crippen LogP contribution in [-0.4, -0.2) is 100 Å². The number of halogens is 1. The van der Waals surface area contributed by atoms with Crippen LogP contribution in [0.4, 0.5) is 11.6 Å². The molecule has 4 aliphatic rings. The van der Waals surface area contributed by atoms with Gasteiger partial charge in [0.15, 0.2) is 0 Å². The Labute approximate surface area is 341 Å². The predicted octanol–water partition coefficient (Wildman–Crippen LogP) is 3.95. The van der Waals surface area contributed by atoms with Crippen molar-refractivity contribution in [2.45, 2.75) is 65.1 Å². The molecule has 0 radical (unpaired) electrons. The summed E-state index contributed by atoms with van der Waals surface area (Å²) in [5, 5.41) is 20.6. The average Bonchev–Trinajstić information content (AvgIpc) is 3.68. The number of hydrogen-bond donors (Lipinski definition) is 2. The lowest BCUT2D eigenvalue weighted by Gasteiger charge is -2.63. The van der Waals surface area contributed by atoms with Gasteiger partial charge in [0.1, 0.15) is 24.0 Å². The summed E-state index contributed by atoms with van der Waals surface area (Å²) < 4.78 is 7.55. The smallest absolute Gasteiger partial charge is 0.275 e. The second-order valence-electron chi connectivity index (χ2n) is 17.1. The van der Waals surface area contributed by atoms with Crippen LogP contribution in [0.3, 0.4) is 0 Å². The molecule has 16 heteroatoms. The molecule has 302 valence electrons. The van der Waals surface area contributed by atoms with Gasteiger partial charge in [-0.05, 0) is 49.1 Å². The molecule has 2 aromatic carbocycles. The molecule has 4 fully saturated rings. The van der Waals surface area contributed by atoms with Crippen molar-refractivity contribution in [2.24, 2.45) is 16.7 Å². The number of aromatic nitrogens is 4. The van der Waals surface area contributed by atoms with E-state index in [4.69, 9.17) is 16.3 Å². The Hall–Kier alpha value is -5.59. The van der Waals surface area contributed by atoms with Gasteiger partial charge >= 0.3 is 0 Å². The quantitative estimate of drug-likeness (QED) is 0.233. The van der Waals surface area contributed by atoms with Crippen LogP contribution in [0.25, 0.3) is 10.8 Å². The fraction of sp³-hybridized carbons (Fsp3) is 0.476. The van der Waals surface area contributed by atoms with E-state index in [1.165, 1.54) is 4.68 Å². The van der Waals surface area contributed by atoms with E-state index < -0.39 is 11.9 Å². The third kappa shape index (κ3) is 7.35. The van der Waals surface area contributed by atoms with Crippen LogP contribution in [0.1, 0.15) is 68.9 Å². The van der Waals surface area contributed by atoms with Gasteiger partial charge < -0.3 is 19.9 Å². The standard InChI is InChI=1S/C42H47ClN10O5/c1-41(2)38(42(3,4)39(41)58-30-7-5-26(19-44)32(43)18-30)49-35(55)28-20-45-40(46-21-28)52-12-11-25(24-52)23-50-13-15-51(16-14-50)29-6-8-31-27(17-29)22-47-53(37(31)57)33-9-10-34(54)48-36(33)56/h5-8,17-18,20-22,25,33,38-39H,9-16,23-24H2,1-4H3,(H,49,55)(H,48,54,56)/t25-,33?,38?,39?/m1/s1. The largest absolute Gasteiger partial charge is 0.489 e. The van der Waals surface area contributed by atoms with Crippen LogP contribution in [0.5, 0.6) is 5.75 Å². The zero-order valence-corrected chi connectivity index (χ0v) is 33.8. The zero-order valence-electron chi connectivity index (χ0n) is 33.1. The first-order valence-corrected chi connectivity index (χ1v) is 20.2. The highest BCUT2D eigenvalue weighted by Gasteiger charge is 2.64. The van der Waals surface area contributed by atoms with Gasteiger partial charge in [0.05, 0.1) is 27.7 Å². The van der Waals surface area contributed by atoms with Crippen LogP contribution in [0.15, 0.2) is 59.8 Å². The molecular formula is C42H47ClN10O5. The number of imide groups is 1. The number of nitrogens with one attached hydrogen (secondary N) is 2. The Morgan fingerprint density at radius 1 is 0.966 bits per heavy atom. The third-order valence-corrected chi connectivity index (χ3v) is 12.8. The van der Waals surface area contributed by atoms with Crippen molar-refractivity contribution in [3.63, 3.8) is 0 Å². The average molecular weight is 807 g/mol. The Kier molecular flexibility index (Phi) is 10.4. The molecule has 2 N–H and O–H groups in total. The van der Waals surface area contributed by atoms with Gasteiger partial charge in [0, 0.05) is 98.6 Å². The van der Waals surface area contributed by atoms with Gasteiger partial charge in [-0.2, -0.15) is 10.4 Å². The second-order valence-corrected chi connectivity index (χ2v) is 17.5. The van der Waals surface area contributed by atoms with Gasteiger partial charge in [-0.1, -0.05) is 39.3 Å². The first-order valence-electron chi connectivity index (χ1n) is 19.8. The van der Waals surface area contributed by atoms with Crippen molar-refractivity contribution in [3.05, 3.63) is 81.5 Å². The number of nitrogens with zero attached hydrogens (tertiary/aromatic N) is 8. The maximum absolute atomic E-state index is 13.4. The lowest BCUT2D eigenvalue weighted by molar-refractivity contribution is -0.164. The van der Waals surface area contributed by atoms with Crippen LogP contribution >= 0.6 is 11.6 Å². The molecule has 15 nitrogen and oxygen atoms in total. The molecule has 3 aliphatic heterocycles. The minimum Gasteiger partial charge on any atom is -0.489 e. The Bertz CT molecular complexity index is 2350. The van der Waals surface area contributed by atoms with Crippen LogP contribution in [0.2, 0.25) is 5.02 Å². The van der Waals surface area contributed by atoms with Gasteiger partial charge in [-0.25, -0.2) is 14.6 Å². The molecule has 0 spiro atoms. The number of fused-ring (bicyclic) bond motifs is 1. The van der Waals surface area contributed by atoms with E-state index in [9.17, 15) is 24.4 Å². The summed E-state index contributed by atoms with van der Waals surface area (Å²) in [5.74, 6) is 0.610. The van der Waals surface area contributed by atoms with Crippen molar-refractivity contribution in [1.29, 1.82) is 5.26 Å². The summed E-state index contributed by atoms with van der Waals surface area (Å²) >= 11 is 6.24. The Morgan fingerprint density at radius 2 is 1.71 bits per heavy atom. The molecule has 4 aromatic rings. The lowest BCUT2D eigenvalue weighted by atomic mass is 9.49. The number of piperidine rings is 1. The fourth-order valence-electron chi connectivity index (χ4n) is 9.62. The van der Waals surface area contributed by atoms with Crippen molar-refractivity contribution >= 4 is 51.7 Å². The third-order valence-electron chi connectivity index (χ3n) is 12.5. The number of rotatable bonds is 9. The van der Waals surface area contributed by atoms with Crippen LogP contribution < -0.4 is 30.7 Å². The van der Waals surface area contributed by atoms with E-state index in [1.54, 1.807) is 42.9 Å². The number of anilines is 2. The minimum atomic E-state index is -0.792. The van der Waals surface area contributed by atoms with Gasteiger partial charge in [-0.15, -0.1) is 0 Å². The second kappa shape index (κ2) is 15.3. The van der Waals surface area contributed by atoms with E-state index in [0.717, 1.165) is 57.9 Å². The number of carbonyl (C=O) groups excluding carboxylic acids is 3. The highest BCUT2D eigenvalue weighted by molar-refractivity contribution is 6.31. The fourth-order valence-corrected chi connectivity index (χ4v) is 9.83. The molecule has 1 unspecified atom stereocenters. The van der Waals surface area contributed by atoms with Gasteiger partial charge in [0.2, 0.25) is 11.9 Å². The maximum Gasteiger partial charge on any atom is 0.275 e. The molecule has 3 saturated heterocycles. The van der Waals surface area contributed by atoms with E-state index in [0.29, 0.717) is 44.5 Å². The highest BCUT2D eigenvalue weighted by Crippen LogP contribution is 2.55. The number of carbonyl (C=O) groups is 3. The van der Waals surface area contributed by atoms with E-state index in [2.05, 4.69) is 74.2 Å². The summed E-state index contributed by atoms with van der Waals surface area (Å²) in [4.78, 5) is 66.8.